The molecule has 18 heavy (non-hydrogen) atoms. The second-order valence-corrected chi connectivity index (χ2v) is 8.25. The van der Waals surface area contributed by atoms with E-state index in [1.54, 1.807) is 0 Å². The molecule has 2 heterocycles. The molecule has 0 saturated carbocycles. The van der Waals surface area contributed by atoms with Crippen LogP contribution < -0.4 is 5.73 Å². The van der Waals surface area contributed by atoms with Gasteiger partial charge in [0.25, 0.3) is 0 Å². The van der Waals surface area contributed by atoms with E-state index < -0.39 is 0 Å². The molecule has 0 amide bonds. The van der Waals surface area contributed by atoms with Gasteiger partial charge in [-0.1, -0.05) is 20.8 Å². The zero-order valence-electron chi connectivity index (χ0n) is 12.3. The summed E-state index contributed by atoms with van der Waals surface area (Å²) in [5.41, 5.74) is 6.53. The van der Waals surface area contributed by atoms with Crippen molar-refractivity contribution in [2.24, 2.45) is 23.0 Å². The number of likely N-dealkylation sites (tertiary alicyclic amines) is 1. The molecule has 3 heteroatoms. The smallest absolute Gasteiger partial charge is 0.0254 e. The van der Waals surface area contributed by atoms with E-state index in [2.05, 4.69) is 37.4 Å². The van der Waals surface area contributed by atoms with Crippen molar-refractivity contribution in [1.29, 1.82) is 0 Å². The predicted octanol–water partition coefficient (Wildman–Crippen LogP) is 2.82. The van der Waals surface area contributed by atoms with Crippen molar-refractivity contribution in [2.45, 2.75) is 46.1 Å². The molecule has 0 aromatic carbocycles. The molecule has 0 aliphatic carbocycles. The fraction of sp³-hybridized carbons (Fsp3) is 1.00. The molecule has 2 unspecified atom stereocenters. The number of nitrogens with zero attached hydrogens (tertiary/aromatic N) is 1. The SMILES string of the molecule is CC(C)(C)C1CCN(C(CN)C2CCSC2)CC1. The van der Waals surface area contributed by atoms with Gasteiger partial charge < -0.3 is 5.73 Å². The zero-order valence-corrected chi connectivity index (χ0v) is 13.1. The summed E-state index contributed by atoms with van der Waals surface area (Å²) >= 11 is 2.11. The Balaban J connectivity index is 1.87. The maximum atomic E-state index is 6.05. The van der Waals surface area contributed by atoms with Gasteiger partial charge in [0.05, 0.1) is 0 Å². The quantitative estimate of drug-likeness (QED) is 0.855. The highest BCUT2D eigenvalue weighted by atomic mass is 32.2. The molecule has 0 aromatic heterocycles. The third-order valence-electron chi connectivity index (χ3n) is 4.97. The minimum atomic E-state index is 0.480. The number of piperidine rings is 1. The lowest BCUT2D eigenvalue weighted by Gasteiger charge is -2.43. The Kier molecular flexibility index (Phi) is 5.01. The molecule has 2 N–H and O–H groups in total. The molecule has 106 valence electrons. The first kappa shape index (κ1) is 14.7. The Morgan fingerprint density at radius 1 is 1.22 bits per heavy atom. The molecule has 2 atom stereocenters. The van der Waals surface area contributed by atoms with Crippen LogP contribution >= 0.6 is 11.8 Å². The molecular formula is C15H30N2S. The predicted molar refractivity (Wildman–Crippen MR) is 82.0 cm³/mol. The average Bonchev–Trinajstić information content (AvgIpc) is 2.83. The largest absolute Gasteiger partial charge is 0.329 e. The molecule has 0 spiro atoms. The Morgan fingerprint density at radius 2 is 1.89 bits per heavy atom. The summed E-state index contributed by atoms with van der Waals surface area (Å²) in [7, 11) is 0. The minimum absolute atomic E-state index is 0.480. The van der Waals surface area contributed by atoms with Crippen LogP contribution in [0.1, 0.15) is 40.0 Å². The van der Waals surface area contributed by atoms with Crippen LogP contribution in [0.2, 0.25) is 0 Å². The number of hydrogen-bond donors (Lipinski definition) is 1. The molecular weight excluding hydrogens is 240 g/mol. The zero-order chi connectivity index (χ0) is 13.2. The summed E-state index contributed by atoms with van der Waals surface area (Å²) in [6, 6.07) is 0.654. The fourth-order valence-electron chi connectivity index (χ4n) is 3.59. The number of hydrogen-bond acceptors (Lipinski definition) is 3. The number of thioether (sulfide) groups is 1. The number of nitrogens with two attached hydrogens (primary N) is 1. The molecule has 0 bridgehead atoms. The summed E-state index contributed by atoms with van der Waals surface area (Å²) in [4.78, 5) is 2.69. The molecule has 0 radical (unpaired) electrons. The maximum Gasteiger partial charge on any atom is 0.0254 e. The summed E-state index contributed by atoms with van der Waals surface area (Å²) in [5.74, 6) is 4.43. The van der Waals surface area contributed by atoms with E-state index in [1.807, 2.05) is 0 Å². The van der Waals surface area contributed by atoms with Crippen molar-refractivity contribution < 1.29 is 0 Å². The molecule has 2 nitrogen and oxygen atoms in total. The lowest BCUT2D eigenvalue weighted by Crippen LogP contribution is -2.50. The van der Waals surface area contributed by atoms with Gasteiger partial charge in [-0.15, -0.1) is 0 Å². The van der Waals surface area contributed by atoms with Crippen LogP contribution in [0.25, 0.3) is 0 Å². The number of rotatable bonds is 3. The second-order valence-electron chi connectivity index (χ2n) is 7.10. The normalized spacial score (nSPS) is 29.7. The van der Waals surface area contributed by atoms with Gasteiger partial charge in [-0.3, -0.25) is 4.90 Å². The van der Waals surface area contributed by atoms with E-state index in [-0.39, 0.29) is 0 Å². The summed E-state index contributed by atoms with van der Waals surface area (Å²) in [6.07, 6.45) is 4.10. The van der Waals surface area contributed by atoms with Crippen molar-refractivity contribution in [3.8, 4) is 0 Å². The van der Waals surface area contributed by atoms with Gasteiger partial charge in [-0.25, -0.2) is 0 Å². The van der Waals surface area contributed by atoms with Crippen molar-refractivity contribution in [2.75, 3.05) is 31.1 Å². The van der Waals surface area contributed by atoms with Crippen LogP contribution in [0, 0.1) is 17.3 Å². The van der Waals surface area contributed by atoms with E-state index in [1.165, 1.54) is 43.9 Å². The Bertz CT molecular complexity index is 248. The van der Waals surface area contributed by atoms with Gasteiger partial charge in [0.1, 0.15) is 0 Å². The van der Waals surface area contributed by atoms with Crippen molar-refractivity contribution in [3.05, 3.63) is 0 Å². The van der Waals surface area contributed by atoms with Gasteiger partial charge in [0.15, 0.2) is 0 Å². The highest BCUT2D eigenvalue weighted by Gasteiger charge is 2.34. The third kappa shape index (κ3) is 3.43. The summed E-state index contributed by atoms with van der Waals surface area (Å²) in [6.45, 7) is 10.6. The maximum absolute atomic E-state index is 6.05. The first-order valence-corrected chi connectivity index (χ1v) is 8.69. The van der Waals surface area contributed by atoms with E-state index >= 15 is 0 Å². The average molecular weight is 270 g/mol. The van der Waals surface area contributed by atoms with Crippen molar-refractivity contribution in [3.63, 3.8) is 0 Å². The van der Waals surface area contributed by atoms with Crippen LogP contribution in [0.4, 0.5) is 0 Å². The summed E-state index contributed by atoms with van der Waals surface area (Å²) < 4.78 is 0. The molecule has 2 saturated heterocycles. The van der Waals surface area contributed by atoms with Gasteiger partial charge in [-0.2, -0.15) is 11.8 Å². The van der Waals surface area contributed by atoms with Crippen LogP contribution in [-0.4, -0.2) is 42.1 Å². The van der Waals surface area contributed by atoms with Gasteiger partial charge >= 0.3 is 0 Å². The van der Waals surface area contributed by atoms with Crippen LogP contribution in [-0.2, 0) is 0 Å². The Hall–Kier alpha value is 0.270. The lowest BCUT2D eigenvalue weighted by molar-refractivity contribution is 0.0672. The molecule has 0 aromatic rings. The minimum Gasteiger partial charge on any atom is -0.329 e. The standard InChI is InChI=1S/C15H30N2S/c1-15(2,3)13-4-7-17(8-5-13)14(10-16)12-6-9-18-11-12/h12-14H,4-11,16H2,1-3H3. The topological polar surface area (TPSA) is 29.3 Å². The second kappa shape index (κ2) is 6.15. The van der Waals surface area contributed by atoms with E-state index in [0.717, 1.165) is 18.4 Å². The summed E-state index contributed by atoms with van der Waals surface area (Å²) in [5, 5.41) is 0. The third-order valence-corrected chi connectivity index (χ3v) is 6.16. The Morgan fingerprint density at radius 3 is 2.33 bits per heavy atom. The van der Waals surface area contributed by atoms with Crippen molar-refractivity contribution in [1.82, 2.24) is 4.90 Å². The van der Waals surface area contributed by atoms with Gasteiger partial charge in [0.2, 0.25) is 0 Å². The van der Waals surface area contributed by atoms with E-state index in [0.29, 0.717) is 11.5 Å². The molecule has 2 aliphatic rings. The van der Waals surface area contributed by atoms with Crippen LogP contribution in [0.5, 0.6) is 0 Å². The molecule has 2 fully saturated rings. The van der Waals surface area contributed by atoms with Crippen LogP contribution in [0.3, 0.4) is 0 Å². The van der Waals surface area contributed by atoms with Gasteiger partial charge in [0, 0.05) is 12.6 Å². The molecule has 2 rings (SSSR count). The monoisotopic (exact) mass is 270 g/mol. The van der Waals surface area contributed by atoms with E-state index in [9.17, 15) is 0 Å². The first-order chi connectivity index (χ1) is 8.52. The highest BCUT2D eigenvalue weighted by molar-refractivity contribution is 7.99. The van der Waals surface area contributed by atoms with E-state index in [4.69, 9.17) is 5.73 Å². The van der Waals surface area contributed by atoms with Crippen LogP contribution in [0.15, 0.2) is 0 Å². The van der Waals surface area contributed by atoms with Gasteiger partial charge in [-0.05, 0) is 61.1 Å². The lowest BCUT2D eigenvalue weighted by atomic mass is 9.75. The molecule has 2 aliphatic heterocycles. The fourth-order valence-corrected chi connectivity index (χ4v) is 4.92. The van der Waals surface area contributed by atoms with Crippen molar-refractivity contribution >= 4 is 11.8 Å². The Labute approximate surface area is 117 Å². The first-order valence-electron chi connectivity index (χ1n) is 7.54. The highest BCUT2D eigenvalue weighted by Crippen LogP contribution is 2.36.